The van der Waals surface area contributed by atoms with Crippen molar-refractivity contribution >= 4 is 35.8 Å². The van der Waals surface area contributed by atoms with Gasteiger partial charge in [-0.25, -0.2) is 0 Å². The number of para-hydroxylation sites is 1. The van der Waals surface area contributed by atoms with Crippen molar-refractivity contribution in [2.45, 2.75) is 25.3 Å². The molecule has 0 unspecified atom stereocenters. The first-order valence-electron chi connectivity index (χ1n) is 11.4. The van der Waals surface area contributed by atoms with E-state index in [0.717, 1.165) is 30.3 Å². The summed E-state index contributed by atoms with van der Waals surface area (Å²) < 4.78 is 0. The standard InChI is InChI=1S/C25H32N6O3/c1-28-23-5-3-2-4-18(23)8-11-31(17-32)21-9-12-30(13-10-21)24(33)16-29-25(34)19-6-7-20(15-26)22(27)14-19/h2-7,14-15,17,21,26,28H,8-13,16,27H2,1H3,(H,29,34). The van der Waals surface area contributed by atoms with E-state index >= 15 is 0 Å². The van der Waals surface area contributed by atoms with Gasteiger partial charge in [-0.3, -0.25) is 14.4 Å². The zero-order chi connectivity index (χ0) is 24.5. The molecular formula is C25H32N6O3. The lowest BCUT2D eigenvalue weighted by Gasteiger charge is -2.37. The molecule has 1 heterocycles. The molecule has 9 nitrogen and oxygen atoms in total. The van der Waals surface area contributed by atoms with Crippen molar-refractivity contribution in [3.05, 3.63) is 59.2 Å². The van der Waals surface area contributed by atoms with Crippen molar-refractivity contribution in [2.75, 3.05) is 44.3 Å². The fraction of sp³-hybridized carbons (Fsp3) is 0.360. The Labute approximate surface area is 199 Å². The number of nitrogens with zero attached hydrogens (tertiary/aromatic N) is 2. The van der Waals surface area contributed by atoms with Gasteiger partial charge in [-0.15, -0.1) is 0 Å². The SMILES string of the molecule is CNc1ccccc1CCN(C=O)C1CCN(C(=O)CNC(=O)c2ccc(C=N)c(N)c2)CC1. The Hall–Kier alpha value is -3.88. The number of rotatable bonds is 10. The second-order valence-electron chi connectivity index (χ2n) is 8.28. The second-order valence-corrected chi connectivity index (χ2v) is 8.28. The van der Waals surface area contributed by atoms with Gasteiger partial charge in [-0.2, -0.15) is 0 Å². The zero-order valence-electron chi connectivity index (χ0n) is 19.4. The van der Waals surface area contributed by atoms with E-state index in [4.69, 9.17) is 11.1 Å². The molecule has 3 rings (SSSR count). The molecule has 0 spiro atoms. The number of nitrogens with one attached hydrogen (secondary N) is 3. The molecule has 180 valence electrons. The van der Waals surface area contributed by atoms with Gasteiger partial charge in [-0.05, 0) is 43.0 Å². The molecule has 1 saturated heterocycles. The van der Waals surface area contributed by atoms with Gasteiger partial charge in [0, 0.05) is 61.4 Å². The van der Waals surface area contributed by atoms with Gasteiger partial charge in [-0.1, -0.05) is 24.3 Å². The van der Waals surface area contributed by atoms with E-state index < -0.39 is 0 Å². The molecule has 0 bridgehead atoms. The Balaban J connectivity index is 1.46. The smallest absolute Gasteiger partial charge is 0.251 e. The van der Waals surface area contributed by atoms with Crippen LogP contribution in [0.3, 0.4) is 0 Å². The third kappa shape index (κ3) is 6.12. The van der Waals surface area contributed by atoms with Gasteiger partial charge in [0.2, 0.25) is 12.3 Å². The number of benzene rings is 2. The summed E-state index contributed by atoms with van der Waals surface area (Å²) in [5.74, 6) is -0.545. The van der Waals surface area contributed by atoms with Crippen molar-refractivity contribution < 1.29 is 14.4 Å². The van der Waals surface area contributed by atoms with Crippen molar-refractivity contribution in [2.24, 2.45) is 0 Å². The van der Waals surface area contributed by atoms with Crippen LogP contribution in [0.15, 0.2) is 42.5 Å². The number of anilines is 2. The van der Waals surface area contributed by atoms with E-state index in [9.17, 15) is 14.4 Å². The quantitative estimate of drug-likeness (QED) is 0.242. The minimum absolute atomic E-state index is 0.0909. The molecule has 5 N–H and O–H groups in total. The summed E-state index contributed by atoms with van der Waals surface area (Å²) in [6, 6.07) is 12.8. The van der Waals surface area contributed by atoms with Crippen molar-refractivity contribution in [1.29, 1.82) is 5.41 Å². The Kier molecular flexibility index (Phi) is 8.61. The van der Waals surface area contributed by atoms with E-state index in [-0.39, 0.29) is 24.4 Å². The maximum Gasteiger partial charge on any atom is 0.251 e. The van der Waals surface area contributed by atoms with Gasteiger partial charge < -0.3 is 31.6 Å². The minimum Gasteiger partial charge on any atom is -0.398 e. The van der Waals surface area contributed by atoms with Crippen LogP contribution in [0.1, 0.15) is 34.3 Å². The van der Waals surface area contributed by atoms with Crippen LogP contribution in [-0.4, -0.2) is 73.5 Å². The Morgan fingerprint density at radius 3 is 2.59 bits per heavy atom. The average Bonchev–Trinajstić information content (AvgIpc) is 2.87. The lowest BCUT2D eigenvalue weighted by atomic mass is 10.0. The average molecular weight is 465 g/mol. The molecule has 34 heavy (non-hydrogen) atoms. The Morgan fingerprint density at radius 2 is 1.94 bits per heavy atom. The van der Waals surface area contributed by atoms with Crippen molar-refractivity contribution in [1.82, 2.24) is 15.1 Å². The van der Waals surface area contributed by atoms with Crippen LogP contribution in [0.25, 0.3) is 0 Å². The molecule has 0 saturated carbocycles. The molecule has 0 aromatic heterocycles. The largest absolute Gasteiger partial charge is 0.398 e. The molecule has 1 aliphatic heterocycles. The summed E-state index contributed by atoms with van der Waals surface area (Å²) in [5, 5.41) is 13.1. The third-order valence-electron chi connectivity index (χ3n) is 6.25. The molecule has 1 fully saturated rings. The monoisotopic (exact) mass is 464 g/mol. The lowest BCUT2D eigenvalue weighted by Crippen LogP contribution is -2.49. The van der Waals surface area contributed by atoms with E-state index in [2.05, 4.69) is 16.7 Å². The van der Waals surface area contributed by atoms with E-state index in [1.54, 1.807) is 17.0 Å². The number of carbonyl (C=O) groups is 3. The fourth-order valence-corrected chi connectivity index (χ4v) is 4.22. The van der Waals surface area contributed by atoms with E-state index in [1.807, 2.05) is 30.1 Å². The molecule has 2 aromatic rings. The molecule has 0 radical (unpaired) electrons. The number of nitrogens with two attached hydrogens (primary N) is 1. The molecule has 0 aliphatic carbocycles. The van der Waals surface area contributed by atoms with Gasteiger partial charge in [0.1, 0.15) is 0 Å². The maximum absolute atomic E-state index is 12.6. The molecule has 2 aromatic carbocycles. The number of hydrogen-bond acceptors (Lipinski definition) is 6. The van der Waals surface area contributed by atoms with Crippen molar-refractivity contribution in [3.8, 4) is 0 Å². The first-order valence-corrected chi connectivity index (χ1v) is 11.4. The number of carbonyl (C=O) groups excluding carboxylic acids is 3. The predicted molar refractivity (Wildman–Crippen MR) is 133 cm³/mol. The summed E-state index contributed by atoms with van der Waals surface area (Å²) in [7, 11) is 1.88. The lowest BCUT2D eigenvalue weighted by molar-refractivity contribution is -0.132. The normalized spacial score (nSPS) is 13.7. The highest BCUT2D eigenvalue weighted by Gasteiger charge is 2.26. The highest BCUT2D eigenvalue weighted by molar-refractivity contribution is 5.98. The van der Waals surface area contributed by atoms with Crippen molar-refractivity contribution in [3.63, 3.8) is 0 Å². The number of amides is 3. The summed E-state index contributed by atoms with van der Waals surface area (Å²) in [6.45, 7) is 1.60. The van der Waals surface area contributed by atoms with E-state index in [0.29, 0.717) is 49.3 Å². The summed E-state index contributed by atoms with van der Waals surface area (Å²) in [5.41, 5.74) is 9.26. The third-order valence-corrected chi connectivity index (χ3v) is 6.25. The first kappa shape index (κ1) is 24.8. The molecule has 1 aliphatic rings. The van der Waals surface area contributed by atoms with Crippen LogP contribution >= 0.6 is 0 Å². The topological polar surface area (TPSA) is 132 Å². The molecule has 3 amide bonds. The minimum atomic E-state index is -0.388. The van der Waals surface area contributed by atoms with Gasteiger partial charge in [0.05, 0.1) is 6.54 Å². The number of piperidine rings is 1. The van der Waals surface area contributed by atoms with Gasteiger partial charge >= 0.3 is 0 Å². The fourth-order valence-electron chi connectivity index (χ4n) is 4.22. The Morgan fingerprint density at radius 1 is 1.21 bits per heavy atom. The van der Waals surface area contributed by atoms with Crippen LogP contribution < -0.4 is 16.4 Å². The van der Waals surface area contributed by atoms with Crippen LogP contribution in [0.4, 0.5) is 11.4 Å². The predicted octanol–water partition coefficient (Wildman–Crippen LogP) is 1.73. The van der Waals surface area contributed by atoms with Crippen LogP contribution in [0.5, 0.6) is 0 Å². The molecular weight excluding hydrogens is 432 g/mol. The van der Waals surface area contributed by atoms with Crippen LogP contribution in [0.2, 0.25) is 0 Å². The highest BCUT2D eigenvalue weighted by Crippen LogP contribution is 2.19. The Bertz CT molecular complexity index is 1030. The highest BCUT2D eigenvalue weighted by atomic mass is 16.2. The number of nitrogen functional groups attached to an aromatic ring is 1. The number of hydrogen-bond donors (Lipinski definition) is 4. The first-order chi connectivity index (χ1) is 16.5. The van der Waals surface area contributed by atoms with Gasteiger partial charge in [0.25, 0.3) is 5.91 Å². The van der Waals surface area contributed by atoms with Gasteiger partial charge in [0.15, 0.2) is 0 Å². The van der Waals surface area contributed by atoms with E-state index in [1.165, 1.54) is 6.07 Å². The molecule has 0 atom stereocenters. The summed E-state index contributed by atoms with van der Waals surface area (Å²) in [6.07, 6.45) is 4.19. The zero-order valence-corrected chi connectivity index (χ0v) is 19.4. The molecule has 9 heteroatoms. The summed E-state index contributed by atoms with van der Waals surface area (Å²) >= 11 is 0. The summed E-state index contributed by atoms with van der Waals surface area (Å²) in [4.78, 5) is 40.2. The second kappa shape index (κ2) is 11.8. The maximum atomic E-state index is 12.6. The van der Waals surface area contributed by atoms with Crippen LogP contribution in [-0.2, 0) is 16.0 Å². The van der Waals surface area contributed by atoms with Crippen LogP contribution in [0, 0.1) is 5.41 Å². The number of likely N-dealkylation sites (tertiary alicyclic amines) is 1.